The summed E-state index contributed by atoms with van der Waals surface area (Å²) < 4.78 is 11.7. The van der Waals surface area contributed by atoms with Crippen LogP contribution in [-0.2, 0) is 9.47 Å². The Balaban J connectivity index is 1.41. The zero-order valence-electron chi connectivity index (χ0n) is 16.5. The number of nitrogens with zero attached hydrogens (tertiary/aromatic N) is 4. The van der Waals surface area contributed by atoms with E-state index in [9.17, 15) is 4.79 Å². The average molecular weight is 397 g/mol. The Hall–Kier alpha value is -2.29. The van der Waals surface area contributed by atoms with Crippen LogP contribution >= 0.6 is 0 Å². The van der Waals surface area contributed by atoms with E-state index in [-0.39, 0.29) is 18.1 Å². The number of aromatic amines is 1. The summed E-state index contributed by atoms with van der Waals surface area (Å²) in [6.45, 7) is 5.09. The number of H-pyrrole nitrogens is 1. The van der Waals surface area contributed by atoms with E-state index < -0.39 is 0 Å². The van der Waals surface area contributed by atoms with Crippen molar-refractivity contribution in [3.05, 3.63) is 47.5 Å². The van der Waals surface area contributed by atoms with Gasteiger partial charge < -0.3 is 14.4 Å². The minimum absolute atomic E-state index is 0.0442. The van der Waals surface area contributed by atoms with Crippen molar-refractivity contribution in [2.75, 3.05) is 46.0 Å². The Morgan fingerprint density at radius 3 is 2.83 bits per heavy atom. The molecule has 0 spiro atoms. The Morgan fingerprint density at radius 2 is 2.07 bits per heavy atom. The molecule has 5 rings (SSSR count). The molecule has 1 saturated carbocycles. The molecule has 2 aromatic heterocycles. The fourth-order valence-electron chi connectivity index (χ4n) is 4.29. The number of nitrogens with one attached hydrogen (secondary N) is 1. The van der Waals surface area contributed by atoms with Gasteiger partial charge in [-0.2, -0.15) is 5.10 Å². The molecule has 8 heteroatoms. The van der Waals surface area contributed by atoms with Crippen molar-refractivity contribution < 1.29 is 14.3 Å². The molecule has 8 nitrogen and oxygen atoms in total. The number of pyridine rings is 1. The van der Waals surface area contributed by atoms with Crippen LogP contribution in [0.4, 0.5) is 0 Å². The third-order valence-electron chi connectivity index (χ3n) is 6.01. The molecule has 2 atom stereocenters. The van der Waals surface area contributed by atoms with Crippen molar-refractivity contribution in [3.63, 3.8) is 0 Å². The third-order valence-corrected chi connectivity index (χ3v) is 6.01. The van der Waals surface area contributed by atoms with E-state index >= 15 is 0 Å². The first-order chi connectivity index (χ1) is 14.3. The molecule has 0 radical (unpaired) electrons. The van der Waals surface area contributed by atoms with E-state index in [1.165, 1.54) is 12.8 Å². The zero-order valence-corrected chi connectivity index (χ0v) is 16.5. The lowest BCUT2D eigenvalue weighted by Crippen LogP contribution is -2.53. The Labute approximate surface area is 170 Å². The summed E-state index contributed by atoms with van der Waals surface area (Å²) in [6, 6.07) is 5.68. The summed E-state index contributed by atoms with van der Waals surface area (Å²) in [7, 11) is 0. The molecule has 0 unspecified atom stereocenters. The van der Waals surface area contributed by atoms with E-state index in [1.807, 2.05) is 29.3 Å². The average Bonchev–Trinajstić information content (AvgIpc) is 3.51. The van der Waals surface area contributed by atoms with Gasteiger partial charge in [0.15, 0.2) is 0 Å². The van der Waals surface area contributed by atoms with Gasteiger partial charge in [-0.1, -0.05) is 6.07 Å². The highest BCUT2D eigenvalue weighted by Crippen LogP contribution is 2.39. The quantitative estimate of drug-likeness (QED) is 0.825. The fourth-order valence-corrected chi connectivity index (χ4v) is 4.29. The third kappa shape index (κ3) is 4.05. The number of hydrogen-bond donors (Lipinski definition) is 1. The van der Waals surface area contributed by atoms with Crippen LogP contribution in [0.25, 0.3) is 0 Å². The van der Waals surface area contributed by atoms with E-state index in [2.05, 4.69) is 20.1 Å². The maximum atomic E-state index is 13.4. The highest BCUT2D eigenvalue weighted by molar-refractivity contribution is 5.92. The molecule has 1 aliphatic carbocycles. The molecule has 0 aromatic carbocycles. The first-order valence-electron chi connectivity index (χ1n) is 10.5. The molecule has 3 fully saturated rings. The standard InChI is InChI=1S/C21H27N5O3/c27-21(18-12-17(23-24-18)15-3-4-15)26-8-11-29-19(14-25-6-9-28-10-7-25)20(26)16-2-1-5-22-13-16/h1-2,5,12-13,15,19-20H,3-4,6-11,14H2,(H,23,24)/t19-,20-/m0/s1. The summed E-state index contributed by atoms with van der Waals surface area (Å²) in [5, 5.41) is 7.38. The first kappa shape index (κ1) is 18.7. The molecule has 154 valence electrons. The summed E-state index contributed by atoms with van der Waals surface area (Å²) in [5.74, 6) is 0.495. The lowest BCUT2D eigenvalue weighted by molar-refractivity contribution is -0.0820. The molecule has 0 bridgehead atoms. The summed E-state index contributed by atoms with van der Waals surface area (Å²) in [4.78, 5) is 22.0. The minimum Gasteiger partial charge on any atom is -0.379 e. The molecule has 2 saturated heterocycles. The number of amides is 1. The van der Waals surface area contributed by atoms with Gasteiger partial charge >= 0.3 is 0 Å². The number of rotatable bonds is 5. The topological polar surface area (TPSA) is 83.6 Å². The van der Waals surface area contributed by atoms with Crippen LogP contribution < -0.4 is 0 Å². The molecule has 1 N–H and O–H groups in total. The van der Waals surface area contributed by atoms with Crippen LogP contribution in [0.5, 0.6) is 0 Å². The highest BCUT2D eigenvalue weighted by atomic mass is 16.5. The molecule has 29 heavy (non-hydrogen) atoms. The molecule has 2 aromatic rings. The minimum atomic E-state index is -0.186. The second-order valence-corrected chi connectivity index (χ2v) is 8.03. The van der Waals surface area contributed by atoms with Crippen molar-refractivity contribution >= 4 is 5.91 Å². The van der Waals surface area contributed by atoms with Gasteiger partial charge in [-0.3, -0.25) is 19.8 Å². The van der Waals surface area contributed by atoms with Gasteiger partial charge in [0.1, 0.15) is 5.69 Å². The van der Waals surface area contributed by atoms with Gasteiger partial charge in [0.05, 0.1) is 32.0 Å². The van der Waals surface area contributed by atoms with E-state index in [4.69, 9.17) is 9.47 Å². The van der Waals surface area contributed by atoms with Gasteiger partial charge in [-0.05, 0) is 30.5 Å². The van der Waals surface area contributed by atoms with E-state index in [0.29, 0.717) is 24.8 Å². The maximum Gasteiger partial charge on any atom is 0.275 e. The SMILES string of the molecule is O=C(c1cc(C2CC2)[nH]n1)N1CCO[C@@H](CN2CCOCC2)[C@@H]1c1cccnc1. The number of morpholine rings is 2. The fraction of sp³-hybridized carbons (Fsp3) is 0.571. The van der Waals surface area contributed by atoms with Crippen molar-refractivity contribution in [1.29, 1.82) is 0 Å². The van der Waals surface area contributed by atoms with Crippen molar-refractivity contribution in [1.82, 2.24) is 25.0 Å². The molecule has 4 heterocycles. The number of hydrogen-bond acceptors (Lipinski definition) is 6. The summed E-state index contributed by atoms with van der Waals surface area (Å²) in [5.41, 5.74) is 2.56. The van der Waals surface area contributed by atoms with Crippen molar-refractivity contribution in [2.24, 2.45) is 0 Å². The second-order valence-electron chi connectivity index (χ2n) is 8.03. The Morgan fingerprint density at radius 1 is 1.21 bits per heavy atom. The summed E-state index contributed by atoms with van der Waals surface area (Å²) >= 11 is 0. The van der Waals surface area contributed by atoms with Gasteiger partial charge in [0.2, 0.25) is 0 Å². The van der Waals surface area contributed by atoms with Gasteiger partial charge in [0, 0.05) is 50.2 Å². The van der Waals surface area contributed by atoms with Crippen molar-refractivity contribution in [3.8, 4) is 0 Å². The van der Waals surface area contributed by atoms with Crippen LogP contribution in [0.1, 0.15) is 46.5 Å². The first-order valence-corrected chi connectivity index (χ1v) is 10.5. The smallest absolute Gasteiger partial charge is 0.275 e. The Bertz CT molecular complexity index is 832. The van der Waals surface area contributed by atoms with Crippen LogP contribution in [0.3, 0.4) is 0 Å². The largest absolute Gasteiger partial charge is 0.379 e. The molecule has 1 amide bonds. The maximum absolute atomic E-state index is 13.4. The van der Waals surface area contributed by atoms with Gasteiger partial charge in [-0.25, -0.2) is 0 Å². The molecular weight excluding hydrogens is 370 g/mol. The van der Waals surface area contributed by atoms with Crippen LogP contribution in [-0.4, -0.2) is 83.0 Å². The van der Waals surface area contributed by atoms with Gasteiger partial charge in [-0.15, -0.1) is 0 Å². The van der Waals surface area contributed by atoms with Crippen LogP contribution in [0.2, 0.25) is 0 Å². The van der Waals surface area contributed by atoms with Crippen molar-refractivity contribution in [2.45, 2.75) is 30.9 Å². The zero-order chi connectivity index (χ0) is 19.6. The predicted molar refractivity (Wildman–Crippen MR) is 106 cm³/mol. The summed E-state index contributed by atoms with van der Waals surface area (Å²) in [6.07, 6.45) is 5.83. The lowest BCUT2D eigenvalue weighted by atomic mass is 9.98. The number of aromatic nitrogens is 3. The second kappa shape index (κ2) is 8.22. The molecular formula is C21H27N5O3. The lowest BCUT2D eigenvalue weighted by Gasteiger charge is -2.43. The van der Waals surface area contributed by atoms with Crippen LogP contribution in [0.15, 0.2) is 30.6 Å². The van der Waals surface area contributed by atoms with E-state index in [0.717, 1.165) is 44.1 Å². The normalized spacial score (nSPS) is 25.9. The molecule has 2 aliphatic heterocycles. The monoisotopic (exact) mass is 397 g/mol. The van der Waals surface area contributed by atoms with Gasteiger partial charge in [0.25, 0.3) is 5.91 Å². The van der Waals surface area contributed by atoms with Crippen LogP contribution in [0, 0.1) is 0 Å². The number of ether oxygens (including phenoxy) is 2. The number of carbonyl (C=O) groups is 1. The number of carbonyl (C=O) groups excluding carboxylic acids is 1. The Kier molecular flexibility index (Phi) is 5.30. The molecule has 3 aliphatic rings. The predicted octanol–water partition coefficient (Wildman–Crippen LogP) is 1.60. The highest BCUT2D eigenvalue weighted by Gasteiger charge is 2.39. The van der Waals surface area contributed by atoms with E-state index in [1.54, 1.807) is 6.20 Å².